The van der Waals surface area contributed by atoms with Crippen molar-refractivity contribution in [1.29, 1.82) is 0 Å². The lowest BCUT2D eigenvalue weighted by Crippen LogP contribution is -2.39. The van der Waals surface area contributed by atoms with Gasteiger partial charge in [0.25, 0.3) is 0 Å². The van der Waals surface area contributed by atoms with Gasteiger partial charge in [0.15, 0.2) is 0 Å². The highest BCUT2D eigenvalue weighted by Gasteiger charge is 2.36. The molecule has 0 radical (unpaired) electrons. The Morgan fingerprint density at radius 1 is 1.27 bits per heavy atom. The minimum atomic E-state index is -3.30. The molecule has 0 bridgehead atoms. The first-order valence-electron chi connectivity index (χ1n) is 8.67. The molecule has 2 aromatic rings. The van der Waals surface area contributed by atoms with E-state index in [9.17, 15) is 8.42 Å². The number of nitrogens with zero attached hydrogens (tertiary/aromatic N) is 3. The van der Waals surface area contributed by atoms with E-state index < -0.39 is 10.0 Å². The van der Waals surface area contributed by atoms with Gasteiger partial charge < -0.3 is 10.3 Å². The molecule has 1 atom stereocenters. The number of rotatable bonds is 6. The van der Waals surface area contributed by atoms with E-state index in [-0.39, 0.29) is 24.2 Å². The van der Waals surface area contributed by atoms with Gasteiger partial charge in [-0.25, -0.2) is 8.42 Å². The maximum Gasteiger partial charge on any atom is 0.245 e. The highest BCUT2D eigenvalue weighted by molar-refractivity contribution is 7.89. The van der Waals surface area contributed by atoms with Crippen LogP contribution in [0, 0.1) is 0 Å². The van der Waals surface area contributed by atoms with E-state index in [1.165, 1.54) is 4.31 Å². The number of hydrogen-bond donors (Lipinski definition) is 1. The number of piperidine rings is 1. The summed E-state index contributed by atoms with van der Waals surface area (Å²) in [5.41, 5.74) is 7.46. The number of aromatic nitrogens is 2. The maximum atomic E-state index is 12.5. The Kier molecular flexibility index (Phi) is 7.16. The first-order valence-corrected chi connectivity index (χ1v) is 10.3. The molecule has 2 N–H and O–H groups in total. The minimum Gasteiger partial charge on any atom is -0.337 e. The second-order valence-electron chi connectivity index (χ2n) is 6.30. The van der Waals surface area contributed by atoms with E-state index in [1.54, 1.807) is 0 Å². The molecule has 0 saturated carbocycles. The third-order valence-corrected chi connectivity index (χ3v) is 6.52. The van der Waals surface area contributed by atoms with Crippen molar-refractivity contribution in [1.82, 2.24) is 14.4 Å². The lowest BCUT2D eigenvalue weighted by molar-refractivity contribution is 0.204. The van der Waals surface area contributed by atoms with E-state index in [2.05, 4.69) is 10.1 Å². The van der Waals surface area contributed by atoms with Gasteiger partial charge in [0, 0.05) is 18.7 Å². The van der Waals surface area contributed by atoms with Crippen LogP contribution in [0.4, 0.5) is 0 Å². The van der Waals surface area contributed by atoms with Crippen molar-refractivity contribution in [3.8, 4) is 11.4 Å². The third kappa shape index (κ3) is 4.43. The quantitative estimate of drug-likeness (QED) is 0.799. The van der Waals surface area contributed by atoms with E-state index >= 15 is 0 Å². The fraction of sp³-hybridized carbons (Fsp3) is 0.529. The average Bonchev–Trinajstić information content (AvgIpc) is 3.12. The Morgan fingerprint density at radius 3 is 2.65 bits per heavy atom. The number of hydrogen-bond acceptors (Lipinski definition) is 6. The van der Waals surface area contributed by atoms with Crippen LogP contribution in [-0.4, -0.2) is 35.2 Å². The van der Waals surface area contributed by atoms with E-state index in [4.69, 9.17) is 10.3 Å². The number of nitrogens with two attached hydrogens (primary N) is 1. The molecule has 9 heteroatoms. The molecule has 1 aromatic carbocycles. The summed E-state index contributed by atoms with van der Waals surface area (Å²) in [4.78, 5) is 4.47. The first-order chi connectivity index (χ1) is 12.0. The predicted molar refractivity (Wildman–Crippen MR) is 102 cm³/mol. The molecule has 1 unspecified atom stereocenters. The van der Waals surface area contributed by atoms with Gasteiger partial charge in [-0.15, -0.1) is 12.4 Å². The van der Waals surface area contributed by atoms with Crippen molar-refractivity contribution in [2.75, 3.05) is 12.3 Å². The Bertz CT molecular complexity index is 808. The zero-order valence-electron chi connectivity index (χ0n) is 14.8. The monoisotopic (exact) mass is 400 g/mol. The highest BCUT2D eigenvalue weighted by atomic mass is 35.5. The number of halogens is 1. The van der Waals surface area contributed by atoms with Gasteiger partial charge in [0.1, 0.15) is 6.04 Å². The molecule has 0 spiro atoms. The van der Waals surface area contributed by atoms with Crippen molar-refractivity contribution in [2.45, 2.75) is 45.2 Å². The maximum absolute atomic E-state index is 12.5. The standard InChI is InChI=1S/C17H24N4O3S.ClH/c1-2-11-25(22,23)21-10-4-3-5-15(21)17-19-16(20-24-17)14-8-6-13(12-18)7-9-14;/h6-9,15H,2-5,10-12,18H2,1H3;1H. The fourth-order valence-electron chi connectivity index (χ4n) is 3.14. The minimum absolute atomic E-state index is 0. The summed E-state index contributed by atoms with van der Waals surface area (Å²) in [6, 6.07) is 7.26. The third-order valence-electron chi connectivity index (χ3n) is 4.45. The Morgan fingerprint density at radius 2 is 2.00 bits per heavy atom. The van der Waals surface area contributed by atoms with Crippen molar-refractivity contribution in [3.63, 3.8) is 0 Å². The molecule has 1 aromatic heterocycles. The molecule has 0 aliphatic carbocycles. The Balaban J connectivity index is 0.00000243. The second kappa shape index (κ2) is 8.94. The van der Waals surface area contributed by atoms with Gasteiger partial charge >= 0.3 is 0 Å². The van der Waals surface area contributed by atoms with Crippen molar-refractivity contribution < 1.29 is 12.9 Å². The molecular weight excluding hydrogens is 376 g/mol. The van der Waals surface area contributed by atoms with E-state index in [1.807, 2.05) is 31.2 Å². The summed E-state index contributed by atoms with van der Waals surface area (Å²) in [6.07, 6.45) is 3.11. The Hall–Kier alpha value is -1.48. The molecule has 2 heterocycles. The summed E-state index contributed by atoms with van der Waals surface area (Å²) in [5.74, 6) is 0.986. The lowest BCUT2D eigenvalue weighted by atomic mass is 10.1. The molecule has 1 aliphatic rings. The van der Waals surface area contributed by atoms with Gasteiger partial charge in [0.2, 0.25) is 21.7 Å². The van der Waals surface area contributed by atoms with Crippen LogP contribution >= 0.6 is 12.4 Å². The molecule has 1 fully saturated rings. The zero-order valence-corrected chi connectivity index (χ0v) is 16.4. The second-order valence-corrected chi connectivity index (χ2v) is 8.34. The largest absolute Gasteiger partial charge is 0.337 e. The van der Waals surface area contributed by atoms with Crippen LogP contribution in [0.3, 0.4) is 0 Å². The summed E-state index contributed by atoms with van der Waals surface area (Å²) in [7, 11) is -3.30. The predicted octanol–water partition coefficient (Wildman–Crippen LogP) is 2.88. The van der Waals surface area contributed by atoms with Gasteiger partial charge in [-0.05, 0) is 24.8 Å². The van der Waals surface area contributed by atoms with Crippen LogP contribution in [-0.2, 0) is 16.6 Å². The van der Waals surface area contributed by atoms with Crippen LogP contribution in [0.25, 0.3) is 11.4 Å². The summed E-state index contributed by atoms with van der Waals surface area (Å²) in [6.45, 7) is 2.85. The van der Waals surface area contributed by atoms with Crippen LogP contribution in [0.5, 0.6) is 0 Å². The molecule has 7 nitrogen and oxygen atoms in total. The van der Waals surface area contributed by atoms with Gasteiger partial charge in [-0.2, -0.15) is 9.29 Å². The highest BCUT2D eigenvalue weighted by Crippen LogP contribution is 2.33. The SMILES string of the molecule is CCCS(=O)(=O)N1CCCCC1c1nc(-c2ccc(CN)cc2)no1.Cl. The number of sulfonamides is 1. The molecule has 26 heavy (non-hydrogen) atoms. The van der Waals surface area contributed by atoms with E-state index in [0.29, 0.717) is 37.6 Å². The number of benzene rings is 1. The molecule has 1 saturated heterocycles. The molecular formula is C17H25ClN4O3S. The van der Waals surface area contributed by atoms with E-state index in [0.717, 1.165) is 24.0 Å². The van der Waals surface area contributed by atoms with Gasteiger partial charge in [0.05, 0.1) is 5.75 Å². The van der Waals surface area contributed by atoms with Crippen LogP contribution in [0.15, 0.2) is 28.8 Å². The Labute approximate surface area is 160 Å². The molecule has 1 aliphatic heterocycles. The first kappa shape index (κ1) is 20.8. The van der Waals surface area contributed by atoms with Crippen LogP contribution in [0.1, 0.15) is 50.1 Å². The van der Waals surface area contributed by atoms with Crippen molar-refractivity contribution in [3.05, 3.63) is 35.7 Å². The summed E-state index contributed by atoms with van der Waals surface area (Å²) in [5, 5.41) is 4.04. The van der Waals surface area contributed by atoms with Gasteiger partial charge in [-0.1, -0.05) is 42.8 Å². The van der Waals surface area contributed by atoms with Gasteiger partial charge in [-0.3, -0.25) is 0 Å². The summed E-state index contributed by atoms with van der Waals surface area (Å²) < 4.78 is 32.0. The van der Waals surface area contributed by atoms with Crippen molar-refractivity contribution >= 4 is 22.4 Å². The lowest BCUT2D eigenvalue weighted by Gasteiger charge is -2.32. The van der Waals surface area contributed by atoms with Crippen LogP contribution in [0.2, 0.25) is 0 Å². The smallest absolute Gasteiger partial charge is 0.245 e. The zero-order chi connectivity index (χ0) is 17.9. The van der Waals surface area contributed by atoms with Crippen LogP contribution < -0.4 is 5.73 Å². The topological polar surface area (TPSA) is 102 Å². The molecule has 3 rings (SSSR count). The fourth-order valence-corrected chi connectivity index (χ4v) is 4.88. The summed E-state index contributed by atoms with van der Waals surface area (Å²) >= 11 is 0. The van der Waals surface area contributed by atoms with Crippen molar-refractivity contribution in [2.24, 2.45) is 5.73 Å². The molecule has 144 valence electrons. The average molecular weight is 401 g/mol. The normalized spacial score (nSPS) is 18.5. The molecule has 0 amide bonds.